The molecule has 0 saturated carbocycles. The molecule has 164 valence electrons. The van der Waals surface area contributed by atoms with Crippen molar-refractivity contribution in [2.75, 3.05) is 4.72 Å². The highest BCUT2D eigenvalue weighted by atomic mass is 32.2. The Balaban J connectivity index is 2.26. The minimum Gasteiger partial charge on any atom is -0.276 e. The van der Waals surface area contributed by atoms with Crippen LogP contribution in [-0.4, -0.2) is 8.42 Å². The maximum atomic E-state index is 14.5. The average molecular weight is 467 g/mol. The second-order valence-electron chi connectivity index (χ2n) is 6.12. The Morgan fingerprint density at radius 3 is 1.87 bits per heavy atom. The molecule has 0 aromatic heterocycles. The highest BCUT2D eigenvalue weighted by molar-refractivity contribution is 7.92. The van der Waals surface area contributed by atoms with Gasteiger partial charge in [-0.3, -0.25) is 4.72 Å². The molecule has 0 heterocycles. The standard InChI is InChI=1S/C19H9F8NO2S/c20-12-8-9(6-7-11(12)19(25,26)27)13-14(21)15(22)16(23)17(24)18(13)28-31(29,30)10-4-2-1-3-5-10/h1-8,28H. The maximum absolute atomic E-state index is 14.5. The molecular weight excluding hydrogens is 458 g/mol. The Labute approximate surface area is 170 Å². The van der Waals surface area contributed by atoms with E-state index in [1.54, 1.807) is 4.72 Å². The van der Waals surface area contributed by atoms with Gasteiger partial charge in [-0.25, -0.2) is 30.4 Å². The normalized spacial score (nSPS) is 12.1. The number of halogens is 8. The fourth-order valence-electron chi connectivity index (χ4n) is 2.69. The molecule has 0 radical (unpaired) electrons. The van der Waals surface area contributed by atoms with E-state index in [1.165, 1.54) is 18.2 Å². The van der Waals surface area contributed by atoms with Crippen LogP contribution in [0.5, 0.6) is 0 Å². The van der Waals surface area contributed by atoms with Gasteiger partial charge in [0.15, 0.2) is 23.3 Å². The molecule has 3 aromatic carbocycles. The van der Waals surface area contributed by atoms with E-state index in [-0.39, 0.29) is 12.1 Å². The van der Waals surface area contributed by atoms with Gasteiger partial charge in [0.05, 0.1) is 16.1 Å². The Bertz CT molecular complexity index is 1260. The number of hydrogen-bond donors (Lipinski definition) is 1. The summed E-state index contributed by atoms with van der Waals surface area (Å²) in [6.07, 6.45) is -5.13. The molecule has 0 aliphatic heterocycles. The molecule has 0 bridgehead atoms. The Kier molecular flexibility index (Phi) is 5.70. The van der Waals surface area contributed by atoms with Crippen molar-refractivity contribution in [3.63, 3.8) is 0 Å². The molecule has 0 unspecified atom stereocenters. The third kappa shape index (κ3) is 4.20. The van der Waals surface area contributed by atoms with Crippen LogP contribution in [-0.2, 0) is 16.2 Å². The van der Waals surface area contributed by atoms with Gasteiger partial charge in [0.1, 0.15) is 5.82 Å². The summed E-state index contributed by atoms with van der Waals surface area (Å²) in [4.78, 5) is -0.468. The van der Waals surface area contributed by atoms with Crippen molar-refractivity contribution >= 4 is 15.7 Å². The van der Waals surface area contributed by atoms with Crippen LogP contribution in [0.25, 0.3) is 11.1 Å². The molecule has 0 saturated heterocycles. The van der Waals surface area contributed by atoms with Crippen LogP contribution in [0.15, 0.2) is 53.4 Å². The topological polar surface area (TPSA) is 46.2 Å². The minimum absolute atomic E-state index is 0.0956. The van der Waals surface area contributed by atoms with E-state index in [0.29, 0.717) is 6.07 Å². The molecule has 1 N–H and O–H groups in total. The molecule has 31 heavy (non-hydrogen) atoms. The number of sulfonamides is 1. The van der Waals surface area contributed by atoms with Crippen LogP contribution in [0.4, 0.5) is 40.8 Å². The predicted octanol–water partition coefficient (Wildman–Crippen LogP) is 5.87. The van der Waals surface area contributed by atoms with Crippen molar-refractivity contribution in [3.8, 4) is 11.1 Å². The Morgan fingerprint density at radius 1 is 0.742 bits per heavy atom. The van der Waals surface area contributed by atoms with E-state index >= 15 is 0 Å². The molecule has 0 fully saturated rings. The fraction of sp³-hybridized carbons (Fsp3) is 0.0526. The van der Waals surface area contributed by atoms with Gasteiger partial charge >= 0.3 is 6.18 Å². The number of anilines is 1. The highest BCUT2D eigenvalue weighted by Crippen LogP contribution is 2.40. The molecule has 0 atom stereocenters. The van der Waals surface area contributed by atoms with Crippen molar-refractivity contribution in [2.45, 2.75) is 11.1 Å². The lowest BCUT2D eigenvalue weighted by Crippen LogP contribution is -2.17. The minimum atomic E-state index is -5.13. The lowest BCUT2D eigenvalue weighted by atomic mass is 10.00. The van der Waals surface area contributed by atoms with Gasteiger partial charge in [0, 0.05) is 5.56 Å². The van der Waals surface area contributed by atoms with Crippen LogP contribution in [0.3, 0.4) is 0 Å². The Morgan fingerprint density at radius 2 is 1.32 bits per heavy atom. The van der Waals surface area contributed by atoms with Crippen molar-refractivity contribution < 1.29 is 43.5 Å². The SMILES string of the molecule is O=S(=O)(Nc1c(F)c(F)c(F)c(F)c1-c1ccc(C(F)(F)F)c(F)c1)c1ccccc1. The number of nitrogens with one attached hydrogen (secondary N) is 1. The first-order valence-electron chi connectivity index (χ1n) is 8.15. The average Bonchev–Trinajstić information content (AvgIpc) is 2.70. The lowest BCUT2D eigenvalue weighted by molar-refractivity contribution is -0.139. The second kappa shape index (κ2) is 7.84. The van der Waals surface area contributed by atoms with Crippen LogP contribution >= 0.6 is 0 Å². The zero-order valence-corrected chi connectivity index (χ0v) is 15.7. The van der Waals surface area contributed by atoms with E-state index in [9.17, 15) is 43.5 Å². The van der Waals surface area contributed by atoms with Gasteiger partial charge in [-0.2, -0.15) is 13.2 Å². The van der Waals surface area contributed by atoms with Crippen LogP contribution < -0.4 is 4.72 Å². The zero-order chi connectivity index (χ0) is 23.1. The summed E-state index contributed by atoms with van der Waals surface area (Å²) in [6, 6.07) is 6.82. The molecular formula is C19H9F8NO2S. The van der Waals surface area contributed by atoms with E-state index in [4.69, 9.17) is 0 Å². The smallest absolute Gasteiger partial charge is 0.276 e. The first-order valence-corrected chi connectivity index (χ1v) is 9.64. The largest absolute Gasteiger partial charge is 0.419 e. The highest BCUT2D eigenvalue weighted by Gasteiger charge is 2.35. The lowest BCUT2D eigenvalue weighted by Gasteiger charge is -2.17. The summed E-state index contributed by atoms with van der Waals surface area (Å²) in [6.45, 7) is 0. The second-order valence-corrected chi connectivity index (χ2v) is 7.80. The first-order chi connectivity index (χ1) is 14.3. The third-order valence-corrected chi connectivity index (χ3v) is 5.49. The first kappa shape index (κ1) is 22.5. The van der Waals surface area contributed by atoms with Crippen molar-refractivity contribution in [1.82, 2.24) is 0 Å². The van der Waals surface area contributed by atoms with Gasteiger partial charge in [0.25, 0.3) is 10.0 Å². The van der Waals surface area contributed by atoms with Crippen molar-refractivity contribution in [3.05, 3.63) is 83.2 Å². The van der Waals surface area contributed by atoms with Crippen molar-refractivity contribution in [2.24, 2.45) is 0 Å². The molecule has 0 spiro atoms. The van der Waals surface area contributed by atoms with E-state index < -0.39 is 72.6 Å². The van der Waals surface area contributed by atoms with Crippen LogP contribution in [0.1, 0.15) is 5.56 Å². The zero-order valence-electron chi connectivity index (χ0n) is 14.9. The van der Waals surface area contributed by atoms with E-state index in [2.05, 4.69) is 0 Å². The summed E-state index contributed by atoms with van der Waals surface area (Å²) < 4.78 is 135. The third-order valence-electron chi connectivity index (χ3n) is 4.12. The van der Waals surface area contributed by atoms with E-state index in [1.807, 2.05) is 0 Å². The molecule has 0 amide bonds. The van der Waals surface area contributed by atoms with Gasteiger partial charge in [-0.15, -0.1) is 0 Å². The van der Waals surface area contributed by atoms with Gasteiger partial charge in [-0.05, 0) is 29.8 Å². The quantitative estimate of drug-likeness (QED) is 0.297. The summed E-state index contributed by atoms with van der Waals surface area (Å²) in [5, 5.41) is 0. The van der Waals surface area contributed by atoms with Gasteiger partial charge < -0.3 is 0 Å². The van der Waals surface area contributed by atoms with Crippen LogP contribution in [0.2, 0.25) is 0 Å². The number of rotatable bonds is 4. The summed E-state index contributed by atoms with van der Waals surface area (Å²) >= 11 is 0. The summed E-state index contributed by atoms with van der Waals surface area (Å²) in [5.41, 5.74) is -5.39. The van der Waals surface area contributed by atoms with Crippen molar-refractivity contribution in [1.29, 1.82) is 0 Å². The molecule has 3 rings (SSSR count). The monoisotopic (exact) mass is 467 g/mol. The van der Waals surface area contributed by atoms with Gasteiger partial charge in [0.2, 0.25) is 0 Å². The number of alkyl halides is 3. The molecule has 12 heteroatoms. The van der Waals surface area contributed by atoms with E-state index in [0.717, 1.165) is 12.1 Å². The van der Waals surface area contributed by atoms with Crippen LogP contribution in [0, 0.1) is 29.1 Å². The number of benzene rings is 3. The maximum Gasteiger partial charge on any atom is 0.419 e. The predicted molar refractivity (Wildman–Crippen MR) is 93.9 cm³/mol. The molecule has 3 aromatic rings. The molecule has 3 nitrogen and oxygen atoms in total. The Hall–Kier alpha value is -3.15. The van der Waals surface area contributed by atoms with Gasteiger partial charge in [-0.1, -0.05) is 24.3 Å². The fourth-order valence-corrected chi connectivity index (χ4v) is 3.79. The molecule has 0 aliphatic rings. The summed E-state index contributed by atoms with van der Waals surface area (Å²) in [5.74, 6) is -11.0. The summed E-state index contributed by atoms with van der Waals surface area (Å²) in [7, 11) is -4.67. The number of hydrogen-bond acceptors (Lipinski definition) is 2. The molecule has 0 aliphatic carbocycles.